The Morgan fingerprint density at radius 2 is 2.00 bits per heavy atom. The average Bonchev–Trinajstić information content (AvgIpc) is 2.46. The van der Waals surface area contributed by atoms with Crippen molar-refractivity contribution in [2.45, 2.75) is 31.6 Å². The molecule has 3 nitrogen and oxygen atoms in total. The van der Waals surface area contributed by atoms with Crippen LogP contribution in [-0.4, -0.2) is 30.8 Å². The maximum atomic E-state index is 12.1. The van der Waals surface area contributed by atoms with E-state index in [1.54, 1.807) is 0 Å². The number of carbonyl (C=O) groups excluding carboxylic acids is 1. The second-order valence-electron chi connectivity index (χ2n) is 4.83. The van der Waals surface area contributed by atoms with Crippen molar-refractivity contribution in [3.05, 3.63) is 35.4 Å². The van der Waals surface area contributed by atoms with Crippen LogP contribution in [0.5, 0.6) is 0 Å². The molecule has 1 fully saturated rings. The minimum Gasteiger partial charge on any atom is -0.349 e. The third-order valence-electron chi connectivity index (χ3n) is 3.36. The molecular formula is C15H22N2OS. The number of thioether (sulfide) groups is 1. The second-order valence-corrected chi connectivity index (χ2v) is 6.11. The second kappa shape index (κ2) is 7.56. The molecule has 4 heteroatoms. The number of nitrogens with one attached hydrogen (secondary N) is 2. The van der Waals surface area contributed by atoms with Crippen molar-refractivity contribution in [1.29, 1.82) is 0 Å². The molecule has 0 aromatic heterocycles. The summed E-state index contributed by atoms with van der Waals surface area (Å²) in [4.78, 5) is 12.1. The van der Waals surface area contributed by atoms with Crippen LogP contribution < -0.4 is 10.6 Å². The first-order chi connectivity index (χ1) is 9.29. The Kier molecular flexibility index (Phi) is 5.73. The molecule has 0 saturated carbocycles. The quantitative estimate of drug-likeness (QED) is 0.869. The fraction of sp³-hybridized carbons (Fsp3) is 0.533. The molecule has 19 heavy (non-hydrogen) atoms. The van der Waals surface area contributed by atoms with Gasteiger partial charge in [0.05, 0.1) is 0 Å². The van der Waals surface area contributed by atoms with Gasteiger partial charge in [-0.15, -0.1) is 0 Å². The molecule has 1 heterocycles. The molecule has 2 N–H and O–H groups in total. The van der Waals surface area contributed by atoms with Gasteiger partial charge in [-0.05, 0) is 49.4 Å². The molecule has 1 saturated heterocycles. The Morgan fingerprint density at radius 3 is 2.63 bits per heavy atom. The Bertz CT molecular complexity index is 399. The van der Waals surface area contributed by atoms with Crippen molar-refractivity contribution >= 4 is 17.7 Å². The first-order valence-corrected chi connectivity index (χ1v) is 8.13. The zero-order valence-electron chi connectivity index (χ0n) is 11.4. The molecule has 1 aliphatic heterocycles. The van der Waals surface area contributed by atoms with Gasteiger partial charge in [-0.2, -0.15) is 11.8 Å². The monoisotopic (exact) mass is 278 g/mol. The lowest BCUT2D eigenvalue weighted by Gasteiger charge is -2.23. The predicted octanol–water partition coefficient (Wildman–Crippen LogP) is 2.42. The highest BCUT2D eigenvalue weighted by atomic mass is 32.2. The van der Waals surface area contributed by atoms with Gasteiger partial charge in [-0.1, -0.05) is 19.1 Å². The van der Waals surface area contributed by atoms with Gasteiger partial charge in [0, 0.05) is 17.4 Å². The minimum absolute atomic E-state index is 0.0570. The van der Waals surface area contributed by atoms with Gasteiger partial charge in [0.2, 0.25) is 0 Å². The lowest BCUT2D eigenvalue weighted by atomic mass is 10.1. The number of benzene rings is 1. The van der Waals surface area contributed by atoms with Crippen LogP contribution in [0.15, 0.2) is 24.3 Å². The highest BCUT2D eigenvalue weighted by Crippen LogP contribution is 2.13. The van der Waals surface area contributed by atoms with E-state index in [1.165, 1.54) is 5.56 Å². The van der Waals surface area contributed by atoms with E-state index in [1.807, 2.05) is 23.9 Å². The van der Waals surface area contributed by atoms with Crippen molar-refractivity contribution in [2.24, 2.45) is 0 Å². The van der Waals surface area contributed by atoms with E-state index in [0.717, 1.165) is 43.0 Å². The molecule has 0 aliphatic carbocycles. The van der Waals surface area contributed by atoms with E-state index in [2.05, 4.69) is 29.7 Å². The molecule has 0 spiro atoms. The fourth-order valence-electron chi connectivity index (χ4n) is 2.21. The van der Waals surface area contributed by atoms with E-state index >= 15 is 0 Å². The molecule has 2 rings (SSSR count). The predicted molar refractivity (Wildman–Crippen MR) is 81.6 cm³/mol. The van der Waals surface area contributed by atoms with E-state index in [-0.39, 0.29) is 5.91 Å². The zero-order valence-corrected chi connectivity index (χ0v) is 12.3. The summed E-state index contributed by atoms with van der Waals surface area (Å²) < 4.78 is 0. The summed E-state index contributed by atoms with van der Waals surface area (Å²) >= 11 is 1.90. The van der Waals surface area contributed by atoms with Gasteiger partial charge < -0.3 is 10.6 Å². The van der Waals surface area contributed by atoms with Gasteiger partial charge in [-0.25, -0.2) is 0 Å². The average molecular weight is 278 g/mol. The van der Waals surface area contributed by atoms with E-state index in [9.17, 15) is 4.79 Å². The summed E-state index contributed by atoms with van der Waals surface area (Å²) in [5, 5.41) is 6.41. The van der Waals surface area contributed by atoms with E-state index in [0.29, 0.717) is 6.04 Å². The van der Waals surface area contributed by atoms with Gasteiger partial charge in [0.25, 0.3) is 5.91 Å². The summed E-state index contributed by atoms with van der Waals surface area (Å²) in [5.41, 5.74) is 2.05. The number of hydrogen-bond acceptors (Lipinski definition) is 3. The Morgan fingerprint density at radius 1 is 1.32 bits per heavy atom. The summed E-state index contributed by atoms with van der Waals surface area (Å²) in [6.07, 6.45) is 2.05. The molecule has 0 bridgehead atoms. The number of carbonyl (C=O) groups is 1. The van der Waals surface area contributed by atoms with Crippen LogP contribution in [0.4, 0.5) is 0 Å². The molecule has 1 aromatic rings. The SMILES string of the molecule is CCSCc1ccc(C(=O)NC2CCNCC2)cc1. The normalized spacial score (nSPS) is 16.3. The standard InChI is InChI=1S/C15H22N2OS/c1-2-19-11-12-3-5-13(6-4-12)15(18)17-14-7-9-16-10-8-14/h3-6,14,16H,2,7-11H2,1H3,(H,17,18). The van der Waals surface area contributed by atoms with Crippen LogP contribution in [0.1, 0.15) is 35.7 Å². The van der Waals surface area contributed by atoms with Gasteiger partial charge >= 0.3 is 0 Å². The largest absolute Gasteiger partial charge is 0.349 e. The van der Waals surface area contributed by atoms with Gasteiger partial charge in [0.15, 0.2) is 0 Å². The molecule has 0 unspecified atom stereocenters. The topological polar surface area (TPSA) is 41.1 Å². The van der Waals surface area contributed by atoms with Crippen LogP contribution in [0.3, 0.4) is 0 Å². The molecule has 1 aliphatic rings. The van der Waals surface area contributed by atoms with E-state index in [4.69, 9.17) is 0 Å². The molecule has 0 radical (unpaired) electrons. The van der Waals surface area contributed by atoms with Crippen molar-refractivity contribution in [3.63, 3.8) is 0 Å². The maximum Gasteiger partial charge on any atom is 0.251 e. The molecule has 1 amide bonds. The van der Waals surface area contributed by atoms with Crippen LogP contribution in [0.25, 0.3) is 0 Å². The zero-order chi connectivity index (χ0) is 13.5. The minimum atomic E-state index is 0.0570. The number of piperidine rings is 1. The van der Waals surface area contributed by atoms with Crippen LogP contribution in [0, 0.1) is 0 Å². The number of amides is 1. The molecule has 0 atom stereocenters. The molecule has 104 valence electrons. The van der Waals surface area contributed by atoms with Crippen molar-refractivity contribution < 1.29 is 4.79 Å². The first kappa shape index (κ1) is 14.4. The summed E-state index contributed by atoms with van der Waals surface area (Å²) in [6.45, 7) is 4.15. The third-order valence-corrected chi connectivity index (χ3v) is 4.31. The van der Waals surface area contributed by atoms with Crippen LogP contribution in [-0.2, 0) is 5.75 Å². The summed E-state index contributed by atoms with van der Waals surface area (Å²) in [5.74, 6) is 2.20. The summed E-state index contributed by atoms with van der Waals surface area (Å²) in [6, 6.07) is 8.30. The molecule has 1 aromatic carbocycles. The molecular weight excluding hydrogens is 256 g/mol. The van der Waals surface area contributed by atoms with Gasteiger partial charge in [-0.3, -0.25) is 4.79 Å². The lowest BCUT2D eigenvalue weighted by Crippen LogP contribution is -2.42. The van der Waals surface area contributed by atoms with Crippen molar-refractivity contribution in [2.75, 3.05) is 18.8 Å². The van der Waals surface area contributed by atoms with Gasteiger partial charge in [0.1, 0.15) is 0 Å². The Balaban J connectivity index is 1.87. The van der Waals surface area contributed by atoms with Crippen molar-refractivity contribution in [3.8, 4) is 0 Å². The number of hydrogen-bond donors (Lipinski definition) is 2. The summed E-state index contributed by atoms with van der Waals surface area (Å²) in [7, 11) is 0. The van der Waals surface area contributed by atoms with E-state index < -0.39 is 0 Å². The van der Waals surface area contributed by atoms with Crippen LogP contribution in [0.2, 0.25) is 0 Å². The third kappa shape index (κ3) is 4.55. The highest BCUT2D eigenvalue weighted by Gasteiger charge is 2.16. The maximum absolute atomic E-state index is 12.1. The number of rotatable bonds is 5. The lowest BCUT2D eigenvalue weighted by molar-refractivity contribution is 0.0929. The Labute approximate surface area is 119 Å². The first-order valence-electron chi connectivity index (χ1n) is 6.98. The van der Waals surface area contributed by atoms with Crippen LogP contribution >= 0.6 is 11.8 Å². The smallest absolute Gasteiger partial charge is 0.251 e. The highest BCUT2D eigenvalue weighted by molar-refractivity contribution is 7.98. The van der Waals surface area contributed by atoms with Crippen molar-refractivity contribution in [1.82, 2.24) is 10.6 Å². The fourth-order valence-corrected chi connectivity index (χ4v) is 2.84. The Hall–Kier alpha value is -1.00.